The lowest BCUT2D eigenvalue weighted by Crippen LogP contribution is -2.24. The van der Waals surface area contributed by atoms with E-state index in [0.29, 0.717) is 5.92 Å². The molecule has 0 saturated carbocycles. The molecule has 2 nitrogen and oxygen atoms in total. The predicted octanol–water partition coefficient (Wildman–Crippen LogP) is -0.0658. The van der Waals surface area contributed by atoms with Crippen molar-refractivity contribution in [2.24, 2.45) is 5.92 Å². The molecule has 42 valence electrons. The van der Waals surface area contributed by atoms with Crippen molar-refractivity contribution in [3.8, 4) is 0 Å². The molecule has 1 rings (SSSR count). The van der Waals surface area contributed by atoms with Gasteiger partial charge in [-0.3, -0.25) is 5.32 Å². The van der Waals surface area contributed by atoms with Gasteiger partial charge in [0.15, 0.2) is 0 Å². The molecular weight excluding hydrogens is 90.1 g/mol. The van der Waals surface area contributed by atoms with E-state index in [1.54, 1.807) is 0 Å². The van der Waals surface area contributed by atoms with Gasteiger partial charge < -0.3 is 5.11 Å². The Bertz CT molecular complexity index is 57.1. The van der Waals surface area contributed by atoms with E-state index in [-0.39, 0.29) is 6.23 Å². The summed E-state index contributed by atoms with van der Waals surface area (Å²) in [4.78, 5) is 0. The number of hydrogen-bond donors (Lipinski definition) is 2. The van der Waals surface area contributed by atoms with Crippen LogP contribution in [0.25, 0.3) is 0 Å². The summed E-state index contributed by atoms with van der Waals surface area (Å²) in [5, 5.41) is 11.8. The molecule has 7 heavy (non-hydrogen) atoms. The molecule has 2 N–H and O–H groups in total. The standard InChI is InChI=1S/C5H11NO/c1-4-2-3-6-5(4)7/h4-7H,2-3H2,1H3/t4?,5-/m0/s1. The average Bonchev–Trinajstić information content (AvgIpc) is 1.91. The van der Waals surface area contributed by atoms with E-state index in [9.17, 15) is 0 Å². The number of hydrogen-bond acceptors (Lipinski definition) is 2. The largest absolute Gasteiger partial charge is 0.378 e. The van der Waals surface area contributed by atoms with Crippen molar-refractivity contribution in [2.45, 2.75) is 19.6 Å². The summed E-state index contributed by atoms with van der Waals surface area (Å²) in [6, 6.07) is 0. The molecule has 0 amide bonds. The van der Waals surface area contributed by atoms with Crippen LogP contribution in [0.4, 0.5) is 0 Å². The van der Waals surface area contributed by atoms with Gasteiger partial charge in [0.2, 0.25) is 0 Å². The Morgan fingerprint density at radius 3 is 2.57 bits per heavy atom. The lowest BCUT2D eigenvalue weighted by molar-refractivity contribution is 0.121. The van der Waals surface area contributed by atoms with Gasteiger partial charge in [0.25, 0.3) is 0 Å². The van der Waals surface area contributed by atoms with Gasteiger partial charge in [-0.05, 0) is 18.9 Å². The third kappa shape index (κ3) is 0.924. The van der Waals surface area contributed by atoms with Crippen LogP contribution in [0.2, 0.25) is 0 Å². The first-order valence-electron chi connectivity index (χ1n) is 2.72. The highest BCUT2D eigenvalue weighted by Crippen LogP contribution is 2.10. The minimum Gasteiger partial charge on any atom is -0.378 e. The first kappa shape index (κ1) is 5.06. The summed E-state index contributed by atoms with van der Waals surface area (Å²) < 4.78 is 0. The minimum absolute atomic E-state index is 0.236. The SMILES string of the molecule is CC1CCN[C@H]1O. The fourth-order valence-corrected chi connectivity index (χ4v) is 0.818. The lowest BCUT2D eigenvalue weighted by atomic mass is 10.1. The number of aliphatic hydroxyl groups is 1. The maximum atomic E-state index is 8.89. The summed E-state index contributed by atoms with van der Waals surface area (Å²) in [5.74, 6) is 0.458. The smallest absolute Gasteiger partial charge is 0.107 e. The van der Waals surface area contributed by atoms with Crippen LogP contribution < -0.4 is 5.32 Å². The zero-order chi connectivity index (χ0) is 5.28. The second kappa shape index (κ2) is 1.80. The highest BCUT2D eigenvalue weighted by atomic mass is 16.3. The van der Waals surface area contributed by atoms with Gasteiger partial charge in [0, 0.05) is 0 Å². The van der Waals surface area contributed by atoms with Crippen molar-refractivity contribution in [1.29, 1.82) is 0 Å². The number of aliphatic hydroxyl groups excluding tert-OH is 1. The van der Waals surface area contributed by atoms with E-state index in [2.05, 4.69) is 5.32 Å². The predicted molar refractivity (Wildman–Crippen MR) is 27.8 cm³/mol. The molecule has 1 heterocycles. The molecule has 0 bridgehead atoms. The molecule has 1 fully saturated rings. The molecule has 0 aliphatic carbocycles. The third-order valence-electron chi connectivity index (χ3n) is 1.49. The van der Waals surface area contributed by atoms with Crippen molar-refractivity contribution in [3.05, 3.63) is 0 Å². The molecule has 0 spiro atoms. The van der Waals surface area contributed by atoms with Crippen LogP contribution in [0.15, 0.2) is 0 Å². The molecule has 1 aliphatic heterocycles. The van der Waals surface area contributed by atoms with Crippen molar-refractivity contribution in [2.75, 3.05) is 6.54 Å². The second-order valence-electron chi connectivity index (χ2n) is 2.16. The van der Waals surface area contributed by atoms with Gasteiger partial charge in [0.1, 0.15) is 6.23 Å². The summed E-state index contributed by atoms with van der Waals surface area (Å²) in [6.45, 7) is 3.02. The van der Waals surface area contributed by atoms with E-state index in [1.165, 1.54) is 0 Å². The summed E-state index contributed by atoms with van der Waals surface area (Å²) in [6.07, 6.45) is 0.876. The topological polar surface area (TPSA) is 32.3 Å². The van der Waals surface area contributed by atoms with Gasteiger partial charge in [-0.25, -0.2) is 0 Å². The maximum Gasteiger partial charge on any atom is 0.107 e. The highest BCUT2D eigenvalue weighted by Gasteiger charge is 2.18. The Kier molecular flexibility index (Phi) is 1.30. The van der Waals surface area contributed by atoms with Crippen LogP contribution in [-0.4, -0.2) is 17.9 Å². The zero-order valence-corrected chi connectivity index (χ0v) is 4.52. The Morgan fingerprint density at radius 2 is 2.43 bits per heavy atom. The average molecular weight is 101 g/mol. The van der Waals surface area contributed by atoms with Crippen LogP contribution in [0.5, 0.6) is 0 Å². The maximum absolute atomic E-state index is 8.89. The van der Waals surface area contributed by atoms with E-state index >= 15 is 0 Å². The highest BCUT2D eigenvalue weighted by molar-refractivity contribution is 4.70. The molecule has 0 radical (unpaired) electrons. The molecule has 2 atom stereocenters. The van der Waals surface area contributed by atoms with E-state index < -0.39 is 0 Å². The molecule has 1 aliphatic rings. The van der Waals surface area contributed by atoms with Crippen molar-refractivity contribution >= 4 is 0 Å². The molecule has 0 aromatic rings. The fourth-order valence-electron chi connectivity index (χ4n) is 0.818. The Balaban J connectivity index is 2.33. The number of rotatable bonds is 0. The summed E-state index contributed by atoms with van der Waals surface area (Å²) in [7, 11) is 0. The fraction of sp³-hybridized carbons (Fsp3) is 1.00. The third-order valence-corrected chi connectivity index (χ3v) is 1.49. The van der Waals surface area contributed by atoms with Gasteiger partial charge >= 0.3 is 0 Å². The molecule has 1 saturated heterocycles. The Morgan fingerprint density at radius 1 is 1.71 bits per heavy atom. The first-order valence-corrected chi connectivity index (χ1v) is 2.72. The zero-order valence-electron chi connectivity index (χ0n) is 4.52. The van der Waals surface area contributed by atoms with Crippen LogP contribution in [-0.2, 0) is 0 Å². The second-order valence-corrected chi connectivity index (χ2v) is 2.16. The van der Waals surface area contributed by atoms with Gasteiger partial charge in [0.05, 0.1) is 0 Å². The van der Waals surface area contributed by atoms with Gasteiger partial charge in [-0.2, -0.15) is 0 Å². The molecule has 0 aromatic carbocycles. The summed E-state index contributed by atoms with van der Waals surface area (Å²) in [5.41, 5.74) is 0. The molecule has 2 heteroatoms. The first-order chi connectivity index (χ1) is 3.30. The van der Waals surface area contributed by atoms with Crippen molar-refractivity contribution < 1.29 is 5.11 Å². The van der Waals surface area contributed by atoms with E-state index in [4.69, 9.17) is 5.11 Å². The quantitative estimate of drug-likeness (QED) is 0.448. The van der Waals surface area contributed by atoms with E-state index in [0.717, 1.165) is 13.0 Å². The van der Waals surface area contributed by atoms with Crippen LogP contribution in [0.1, 0.15) is 13.3 Å². The van der Waals surface area contributed by atoms with Crippen LogP contribution >= 0.6 is 0 Å². The van der Waals surface area contributed by atoms with E-state index in [1.807, 2.05) is 6.92 Å². The van der Waals surface area contributed by atoms with Crippen LogP contribution in [0.3, 0.4) is 0 Å². The van der Waals surface area contributed by atoms with Crippen LogP contribution in [0, 0.1) is 5.92 Å². The molecule has 1 unspecified atom stereocenters. The Labute approximate surface area is 43.5 Å². The molecule has 0 aromatic heterocycles. The summed E-state index contributed by atoms with van der Waals surface area (Å²) >= 11 is 0. The van der Waals surface area contributed by atoms with Gasteiger partial charge in [-0.1, -0.05) is 6.92 Å². The minimum atomic E-state index is -0.236. The Hall–Kier alpha value is -0.0800. The van der Waals surface area contributed by atoms with Crippen molar-refractivity contribution in [3.63, 3.8) is 0 Å². The monoisotopic (exact) mass is 101 g/mol. The normalized spacial score (nSPS) is 42.0. The number of nitrogens with one attached hydrogen (secondary N) is 1. The molecular formula is C5H11NO. The lowest BCUT2D eigenvalue weighted by Gasteiger charge is -2.04. The van der Waals surface area contributed by atoms with Gasteiger partial charge in [-0.15, -0.1) is 0 Å². The van der Waals surface area contributed by atoms with Crippen molar-refractivity contribution in [1.82, 2.24) is 5.32 Å².